The number of ether oxygens (including phenoxy) is 1. The fourth-order valence-corrected chi connectivity index (χ4v) is 3.19. The van der Waals surface area contributed by atoms with Crippen molar-refractivity contribution in [3.63, 3.8) is 0 Å². The second-order valence-corrected chi connectivity index (χ2v) is 6.13. The molecule has 1 saturated heterocycles. The quantitative estimate of drug-likeness (QED) is 0.913. The van der Waals surface area contributed by atoms with Gasteiger partial charge in [0.15, 0.2) is 0 Å². The van der Waals surface area contributed by atoms with Gasteiger partial charge in [-0.3, -0.25) is 9.48 Å². The molecule has 0 aliphatic carbocycles. The van der Waals surface area contributed by atoms with E-state index in [0.29, 0.717) is 18.5 Å². The number of aliphatic hydroxyl groups excluding tert-OH is 1. The lowest BCUT2D eigenvalue weighted by atomic mass is 10.0. The number of aryl methyl sites for hydroxylation is 1. The molecule has 1 aromatic carbocycles. The number of aromatic nitrogens is 2. The predicted molar refractivity (Wildman–Crippen MR) is 89.9 cm³/mol. The number of hydrogen-bond acceptors (Lipinski definition) is 4. The first-order valence-electron chi connectivity index (χ1n) is 8.27. The molecule has 2 heterocycles. The minimum atomic E-state index is -0.518. The van der Waals surface area contributed by atoms with Crippen molar-refractivity contribution in [3.05, 3.63) is 47.8 Å². The van der Waals surface area contributed by atoms with Crippen molar-refractivity contribution < 1.29 is 14.6 Å². The Morgan fingerprint density at radius 2 is 2.29 bits per heavy atom. The molecule has 1 amide bonds. The van der Waals surface area contributed by atoms with Gasteiger partial charge in [0.25, 0.3) is 5.91 Å². The van der Waals surface area contributed by atoms with Crippen molar-refractivity contribution in [2.45, 2.75) is 38.5 Å². The summed E-state index contributed by atoms with van der Waals surface area (Å²) in [5.74, 6) is 0.652. The van der Waals surface area contributed by atoms with Crippen LogP contribution in [0.5, 0.6) is 5.75 Å². The standard InChI is InChI=1S/C18H23N3O3/c1-3-7-20-11-14(10-19-20)18(23)21-12-15(22)9-17(21)13-5-4-6-16(8-13)24-2/h4-6,8,10-11,15,17,22H,3,7,9,12H2,1-2H3/t15-,17-/m0/s1. The SMILES string of the molecule is CCCn1cc(C(=O)N2C[C@@H](O)C[C@H]2c2cccc(OC)c2)cn1. The number of likely N-dealkylation sites (tertiary alicyclic amines) is 1. The molecular weight excluding hydrogens is 306 g/mol. The molecule has 128 valence electrons. The zero-order valence-corrected chi connectivity index (χ0v) is 14.1. The van der Waals surface area contributed by atoms with Gasteiger partial charge in [0, 0.05) is 19.3 Å². The van der Waals surface area contributed by atoms with Crippen LogP contribution in [0.3, 0.4) is 0 Å². The number of benzene rings is 1. The second-order valence-electron chi connectivity index (χ2n) is 6.13. The highest BCUT2D eigenvalue weighted by molar-refractivity contribution is 5.94. The Morgan fingerprint density at radius 3 is 3.04 bits per heavy atom. The molecule has 0 spiro atoms. The molecule has 0 bridgehead atoms. The van der Waals surface area contributed by atoms with Crippen LogP contribution in [0.1, 0.15) is 41.7 Å². The van der Waals surface area contributed by atoms with E-state index in [2.05, 4.69) is 12.0 Å². The fraction of sp³-hybridized carbons (Fsp3) is 0.444. The van der Waals surface area contributed by atoms with Crippen LogP contribution in [0.15, 0.2) is 36.7 Å². The number of carbonyl (C=O) groups is 1. The third-order valence-electron chi connectivity index (χ3n) is 4.35. The molecule has 0 saturated carbocycles. The summed E-state index contributed by atoms with van der Waals surface area (Å²) < 4.78 is 7.05. The first-order valence-corrected chi connectivity index (χ1v) is 8.27. The van der Waals surface area contributed by atoms with Crippen molar-refractivity contribution in [3.8, 4) is 5.75 Å². The van der Waals surface area contributed by atoms with Gasteiger partial charge in [0.05, 0.1) is 31.0 Å². The maximum Gasteiger partial charge on any atom is 0.257 e. The molecule has 1 aliphatic heterocycles. The zero-order chi connectivity index (χ0) is 17.1. The molecule has 2 atom stereocenters. The summed E-state index contributed by atoms with van der Waals surface area (Å²) in [6, 6.07) is 7.50. The van der Waals surface area contributed by atoms with Crippen LogP contribution in [0, 0.1) is 0 Å². The van der Waals surface area contributed by atoms with E-state index in [1.807, 2.05) is 24.3 Å². The van der Waals surface area contributed by atoms with E-state index in [4.69, 9.17) is 4.74 Å². The molecule has 1 N–H and O–H groups in total. The summed E-state index contributed by atoms with van der Waals surface area (Å²) in [7, 11) is 1.62. The number of aliphatic hydroxyl groups is 1. The minimum absolute atomic E-state index is 0.0956. The van der Waals surface area contributed by atoms with Gasteiger partial charge in [-0.15, -0.1) is 0 Å². The Bertz CT molecular complexity index is 713. The molecule has 1 aliphatic rings. The van der Waals surface area contributed by atoms with Crippen LogP contribution in [-0.2, 0) is 6.54 Å². The van der Waals surface area contributed by atoms with Crippen LogP contribution in [0.4, 0.5) is 0 Å². The lowest BCUT2D eigenvalue weighted by molar-refractivity contribution is 0.0715. The highest BCUT2D eigenvalue weighted by Crippen LogP contribution is 2.34. The number of hydrogen-bond donors (Lipinski definition) is 1. The Morgan fingerprint density at radius 1 is 1.46 bits per heavy atom. The highest BCUT2D eigenvalue weighted by Gasteiger charge is 2.36. The van der Waals surface area contributed by atoms with Gasteiger partial charge < -0.3 is 14.7 Å². The van der Waals surface area contributed by atoms with Crippen LogP contribution in [0.2, 0.25) is 0 Å². The van der Waals surface area contributed by atoms with Crippen LogP contribution in [0.25, 0.3) is 0 Å². The van der Waals surface area contributed by atoms with Gasteiger partial charge in [0.2, 0.25) is 0 Å². The summed E-state index contributed by atoms with van der Waals surface area (Å²) >= 11 is 0. The van der Waals surface area contributed by atoms with E-state index in [1.54, 1.807) is 29.1 Å². The van der Waals surface area contributed by atoms with Crippen molar-refractivity contribution in [2.24, 2.45) is 0 Å². The Hall–Kier alpha value is -2.34. The largest absolute Gasteiger partial charge is 0.497 e. The smallest absolute Gasteiger partial charge is 0.257 e. The average Bonchev–Trinajstić information content (AvgIpc) is 3.21. The van der Waals surface area contributed by atoms with Crippen molar-refractivity contribution in [1.82, 2.24) is 14.7 Å². The molecule has 3 rings (SSSR count). The number of carbonyl (C=O) groups excluding carboxylic acids is 1. The number of methoxy groups -OCH3 is 1. The van der Waals surface area contributed by atoms with Crippen LogP contribution < -0.4 is 4.74 Å². The number of amides is 1. The number of nitrogens with zero attached hydrogens (tertiary/aromatic N) is 3. The van der Waals surface area contributed by atoms with Crippen LogP contribution in [-0.4, -0.2) is 45.5 Å². The Kier molecular flexibility index (Phi) is 4.85. The van der Waals surface area contributed by atoms with Crippen LogP contribution >= 0.6 is 0 Å². The lowest BCUT2D eigenvalue weighted by Gasteiger charge is -2.24. The van der Waals surface area contributed by atoms with E-state index in [9.17, 15) is 9.90 Å². The summed E-state index contributed by atoms with van der Waals surface area (Å²) in [4.78, 5) is 14.6. The third-order valence-corrected chi connectivity index (χ3v) is 4.35. The molecular formula is C18H23N3O3. The zero-order valence-electron chi connectivity index (χ0n) is 14.1. The Labute approximate surface area is 141 Å². The van der Waals surface area contributed by atoms with Gasteiger partial charge in [0.1, 0.15) is 5.75 Å². The average molecular weight is 329 g/mol. The van der Waals surface area contributed by atoms with Crippen molar-refractivity contribution >= 4 is 5.91 Å². The molecule has 6 nitrogen and oxygen atoms in total. The molecule has 1 aromatic heterocycles. The van der Waals surface area contributed by atoms with E-state index >= 15 is 0 Å². The second kappa shape index (κ2) is 7.05. The topological polar surface area (TPSA) is 67.6 Å². The van der Waals surface area contributed by atoms with E-state index < -0.39 is 6.10 Å². The third kappa shape index (κ3) is 3.28. The summed E-state index contributed by atoms with van der Waals surface area (Å²) in [5.41, 5.74) is 1.53. The predicted octanol–water partition coefficient (Wildman–Crippen LogP) is 2.25. The lowest BCUT2D eigenvalue weighted by Crippen LogP contribution is -2.31. The normalized spacial score (nSPS) is 20.4. The monoisotopic (exact) mass is 329 g/mol. The molecule has 1 fully saturated rings. The fourth-order valence-electron chi connectivity index (χ4n) is 3.19. The van der Waals surface area contributed by atoms with E-state index in [0.717, 1.165) is 24.3 Å². The maximum atomic E-state index is 12.9. The van der Waals surface area contributed by atoms with Gasteiger partial charge in [-0.25, -0.2) is 0 Å². The number of β-amino-alcohol motifs (C(OH)–C–C–N with tert-alkyl or cyclic N) is 1. The molecule has 6 heteroatoms. The van der Waals surface area contributed by atoms with Gasteiger partial charge >= 0.3 is 0 Å². The maximum absolute atomic E-state index is 12.9. The molecule has 2 aromatic rings. The van der Waals surface area contributed by atoms with E-state index in [1.165, 1.54) is 0 Å². The van der Waals surface area contributed by atoms with E-state index in [-0.39, 0.29) is 11.9 Å². The molecule has 0 radical (unpaired) electrons. The summed E-state index contributed by atoms with van der Waals surface area (Å²) in [6.07, 6.45) is 4.35. The first kappa shape index (κ1) is 16.5. The summed E-state index contributed by atoms with van der Waals surface area (Å²) in [6.45, 7) is 3.19. The van der Waals surface area contributed by atoms with Gasteiger partial charge in [-0.05, 0) is 30.5 Å². The Balaban J connectivity index is 1.85. The van der Waals surface area contributed by atoms with Gasteiger partial charge in [-0.2, -0.15) is 5.10 Å². The molecule has 0 unspecified atom stereocenters. The summed E-state index contributed by atoms with van der Waals surface area (Å²) in [5, 5.41) is 14.3. The van der Waals surface area contributed by atoms with Crippen molar-refractivity contribution in [1.29, 1.82) is 0 Å². The molecule has 24 heavy (non-hydrogen) atoms. The number of rotatable bonds is 5. The first-order chi connectivity index (χ1) is 11.6. The van der Waals surface area contributed by atoms with Crippen molar-refractivity contribution in [2.75, 3.05) is 13.7 Å². The van der Waals surface area contributed by atoms with Gasteiger partial charge in [-0.1, -0.05) is 19.1 Å². The highest BCUT2D eigenvalue weighted by atomic mass is 16.5. The minimum Gasteiger partial charge on any atom is -0.497 e.